The third kappa shape index (κ3) is 3.27. The van der Waals surface area contributed by atoms with Gasteiger partial charge in [-0.05, 0) is 97.7 Å². The number of carboxylic acids is 1. The first-order valence-electron chi connectivity index (χ1n) is 11.9. The Morgan fingerprint density at radius 3 is 2.28 bits per heavy atom. The van der Waals surface area contributed by atoms with E-state index in [1.165, 1.54) is 0 Å². The SMILES string of the molecule is C[C@H](CCC(=O)O)[C@H]1CCC2C3C(CC[C@@]21C)[C@@]1(C)CC[C@@H](O)CC1[C@@H](O)[C@H]3O. The van der Waals surface area contributed by atoms with Gasteiger partial charge in [0, 0.05) is 6.42 Å². The van der Waals surface area contributed by atoms with Gasteiger partial charge in [0.15, 0.2) is 0 Å². The monoisotopic (exact) mass is 408 g/mol. The van der Waals surface area contributed by atoms with Gasteiger partial charge in [0.2, 0.25) is 0 Å². The molecule has 5 nitrogen and oxygen atoms in total. The zero-order chi connectivity index (χ0) is 21.1. The van der Waals surface area contributed by atoms with Crippen LogP contribution < -0.4 is 0 Å². The van der Waals surface area contributed by atoms with Gasteiger partial charge in [0.05, 0.1) is 18.3 Å². The number of aliphatic carboxylic acids is 1. The fourth-order valence-corrected chi connectivity index (χ4v) is 8.77. The Morgan fingerprint density at radius 1 is 0.931 bits per heavy atom. The largest absolute Gasteiger partial charge is 0.481 e. The smallest absolute Gasteiger partial charge is 0.303 e. The second kappa shape index (κ2) is 7.49. The summed E-state index contributed by atoms with van der Waals surface area (Å²) in [5, 5.41) is 41.7. The molecule has 4 saturated carbocycles. The highest BCUT2D eigenvalue weighted by Gasteiger charge is 2.65. The van der Waals surface area contributed by atoms with Crippen molar-refractivity contribution in [2.75, 3.05) is 0 Å². The summed E-state index contributed by atoms with van der Waals surface area (Å²) in [7, 11) is 0. The molecule has 0 radical (unpaired) electrons. The highest BCUT2D eigenvalue weighted by molar-refractivity contribution is 5.66. The molecular weight excluding hydrogens is 368 g/mol. The van der Waals surface area contributed by atoms with Gasteiger partial charge in [0.1, 0.15) is 0 Å². The lowest BCUT2D eigenvalue weighted by Gasteiger charge is -2.63. The minimum absolute atomic E-state index is 0.00309. The molecule has 0 aliphatic heterocycles. The van der Waals surface area contributed by atoms with Crippen molar-refractivity contribution in [3.8, 4) is 0 Å². The van der Waals surface area contributed by atoms with Crippen molar-refractivity contribution in [3.63, 3.8) is 0 Å². The van der Waals surface area contributed by atoms with E-state index < -0.39 is 18.2 Å². The number of aliphatic hydroxyl groups excluding tert-OH is 3. The molecule has 0 heterocycles. The van der Waals surface area contributed by atoms with Crippen LogP contribution in [-0.2, 0) is 4.79 Å². The summed E-state index contributed by atoms with van der Waals surface area (Å²) in [6.45, 7) is 6.89. The maximum Gasteiger partial charge on any atom is 0.303 e. The second-order valence-corrected chi connectivity index (χ2v) is 11.5. The van der Waals surface area contributed by atoms with Crippen LogP contribution in [0.3, 0.4) is 0 Å². The first kappa shape index (κ1) is 21.6. The van der Waals surface area contributed by atoms with Crippen LogP contribution in [0, 0.1) is 46.3 Å². The number of carboxylic acid groups (broad SMARTS) is 1. The van der Waals surface area contributed by atoms with Crippen molar-refractivity contribution < 1.29 is 25.2 Å². The standard InChI is InChI=1S/C24H40O5/c1-13(4-7-19(26)27)15-5-6-16-20-17(9-11-23(15,16)2)24(3)10-8-14(25)12-18(24)21(28)22(20)29/h13-18,20-22,25,28-29H,4-12H2,1-3H3,(H,26,27)/t13-,14-,15-,16?,17?,18?,20?,21-,22+,23-,24-/m1/s1. The van der Waals surface area contributed by atoms with Crippen molar-refractivity contribution in [1.82, 2.24) is 0 Å². The van der Waals surface area contributed by atoms with Crippen LogP contribution in [0.15, 0.2) is 0 Å². The van der Waals surface area contributed by atoms with E-state index in [-0.39, 0.29) is 35.2 Å². The van der Waals surface area contributed by atoms with Crippen molar-refractivity contribution >= 4 is 5.97 Å². The molecule has 11 atom stereocenters. The summed E-state index contributed by atoms with van der Waals surface area (Å²) in [6.07, 6.45) is 5.87. The zero-order valence-corrected chi connectivity index (χ0v) is 18.3. The van der Waals surface area contributed by atoms with E-state index in [4.69, 9.17) is 5.11 Å². The highest BCUT2D eigenvalue weighted by atomic mass is 16.4. The molecule has 5 heteroatoms. The summed E-state index contributed by atoms with van der Waals surface area (Å²) >= 11 is 0. The van der Waals surface area contributed by atoms with Gasteiger partial charge in [-0.2, -0.15) is 0 Å². The minimum Gasteiger partial charge on any atom is -0.481 e. The maximum atomic E-state index is 11.3. The fraction of sp³-hybridized carbons (Fsp3) is 0.958. The van der Waals surface area contributed by atoms with E-state index in [1.807, 2.05) is 0 Å². The van der Waals surface area contributed by atoms with Gasteiger partial charge < -0.3 is 20.4 Å². The molecule has 0 saturated heterocycles. The molecule has 29 heavy (non-hydrogen) atoms. The average Bonchev–Trinajstić information content (AvgIpc) is 3.02. The quantitative estimate of drug-likeness (QED) is 0.571. The van der Waals surface area contributed by atoms with Crippen LogP contribution in [0.4, 0.5) is 0 Å². The summed E-state index contributed by atoms with van der Waals surface area (Å²) in [5.41, 5.74) is 0.119. The summed E-state index contributed by atoms with van der Waals surface area (Å²) in [5.74, 6) is 1.06. The van der Waals surface area contributed by atoms with Crippen molar-refractivity contribution in [2.24, 2.45) is 46.3 Å². The van der Waals surface area contributed by atoms with Crippen LogP contribution in [-0.4, -0.2) is 44.7 Å². The Labute approximate surface area is 174 Å². The predicted molar refractivity (Wildman–Crippen MR) is 110 cm³/mol. The lowest BCUT2D eigenvalue weighted by molar-refractivity contribution is -0.223. The zero-order valence-electron chi connectivity index (χ0n) is 18.3. The van der Waals surface area contributed by atoms with Crippen molar-refractivity contribution in [3.05, 3.63) is 0 Å². The van der Waals surface area contributed by atoms with Crippen molar-refractivity contribution in [1.29, 1.82) is 0 Å². The predicted octanol–water partition coefficient (Wildman–Crippen LogP) is 3.45. The molecule has 4 unspecified atom stereocenters. The van der Waals surface area contributed by atoms with Crippen LogP contribution >= 0.6 is 0 Å². The van der Waals surface area contributed by atoms with E-state index in [1.54, 1.807) is 0 Å². The van der Waals surface area contributed by atoms with Crippen LogP contribution in [0.25, 0.3) is 0 Å². The maximum absolute atomic E-state index is 11.3. The van der Waals surface area contributed by atoms with E-state index in [9.17, 15) is 20.1 Å². The first-order valence-corrected chi connectivity index (χ1v) is 11.9. The second-order valence-electron chi connectivity index (χ2n) is 11.5. The Morgan fingerprint density at radius 2 is 1.59 bits per heavy atom. The molecule has 4 aliphatic carbocycles. The first-order chi connectivity index (χ1) is 13.6. The number of hydrogen-bond donors (Lipinski definition) is 4. The molecule has 166 valence electrons. The normalized spacial score (nSPS) is 52.9. The molecule has 4 rings (SSSR count). The van der Waals surface area contributed by atoms with Gasteiger partial charge >= 0.3 is 5.97 Å². The Bertz CT molecular complexity index is 637. The lowest BCUT2D eigenvalue weighted by Crippen LogP contribution is -2.64. The van der Waals surface area contributed by atoms with E-state index in [0.717, 1.165) is 44.9 Å². The fourth-order valence-electron chi connectivity index (χ4n) is 8.77. The summed E-state index contributed by atoms with van der Waals surface area (Å²) in [6, 6.07) is 0. The van der Waals surface area contributed by atoms with Gasteiger partial charge in [0.25, 0.3) is 0 Å². The van der Waals surface area contributed by atoms with E-state index in [2.05, 4.69) is 20.8 Å². The molecule has 0 amide bonds. The number of aliphatic hydroxyl groups is 3. The minimum atomic E-state index is -0.748. The number of hydrogen-bond acceptors (Lipinski definition) is 4. The van der Waals surface area contributed by atoms with Crippen LogP contribution in [0.5, 0.6) is 0 Å². The Kier molecular flexibility index (Phi) is 5.57. The van der Waals surface area contributed by atoms with E-state index in [0.29, 0.717) is 30.1 Å². The van der Waals surface area contributed by atoms with Crippen LogP contribution in [0.1, 0.15) is 78.6 Å². The molecule has 4 fully saturated rings. The molecule has 0 spiro atoms. The lowest BCUT2D eigenvalue weighted by atomic mass is 9.43. The highest BCUT2D eigenvalue weighted by Crippen LogP contribution is 2.68. The third-order valence-electron chi connectivity index (χ3n) is 10.3. The molecule has 0 aromatic rings. The Balaban J connectivity index is 1.59. The van der Waals surface area contributed by atoms with Gasteiger partial charge in [-0.25, -0.2) is 0 Å². The van der Waals surface area contributed by atoms with Gasteiger partial charge in [-0.3, -0.25) is 4.79 Å². The molecule has 0 aromatic carbocycles. The van der Waals surface area contributed by atoms with E-state index >= 15 is 0 Å². The number of fused-ring (bicyclic) bond motifs is 5. The average molecular weight is 409 g/mol. The van der Waals surface area contributed by atoms with Crippen molar-refractivity contribution in [2.45, 2.75) is 96.9 Å². The third-order valence-corrected chi connectivity index (χ3v) is 10.3. The molecule has 4 N–H and O–H groups in total. The number of rotatable bonds is 4. The summed E-state index contributed by atoms with van der Waals surface area (Å²) < 4.78 is 0. The molecule has 0 aromatic heterocycles. The molecule has 0 bridgehead atoms. The van der Waals surface area contributed by atoms with Gasteiger partial charge in [-0.1, -0.05) is 20.8 Å². The summed E-state index contributed by atoms with van der Waals surface area (Å²) in [4.78, 5) is 11.1. The number of carbonyl (C=O) groups is 1. The van der Waals surface area contributed by atoms with Gasteiger partial charge in [-0.15, -0.1) is 0 Å². The molecule has 4 aliphatic rings. The Hall–Kier alpha value is -0.650. The van der Waals surface area contributed by atoms with Crippen LogP contribution in [0.2, 0.25) is 0 Å². The topological polar surface area (TPSA) is 98.0 Å². The molecular formula is C24H40O5.